The molecule has 1 aliphatic heterocycles. The van der Waals surface area contributed by atoms with Gasteiger partial charge in [0.05, 0.1) is 55.2 Å². The molecule has 0 saturated carbocycles. The SMILES string of the molecule is COc1ccc(-n2c(SCC(=O)NCc3ccco3)nc3sc4c(c3c2=O)CC[NH+](C)C4)cc1. The number of aromatic nitrogens is 2. The van der Waals surface area contributed by atoms with Gasteiger partial charge in [0.2, 0.25) is 5.91 Å². The third kappa shape index (κ3) is 4.48. The molecule has 1 amide bonds. The van der Waals surface area contributed by atoms with E-state index in [0.29, 0.717) is 34.3 Å². The van der Waals surface area contributed by atoms with Crippen molar-refractivity contribution in [1.29, 1.82) is 0 Å². The van der Waals surface area contributed by atoms with Crippen molar-refractivity contribution < 1.29 is 18.8 Å². The highest BCUT2D eigenvalue weighted by atomic mass is 32.2. The highest BCUT2D eigenvalue weighted by Crippen LogP contribution is 2.32. The molecule has 4 heterocycles. The molecule has 1 aromatic carbocycles. The van der Waals surface area contributed by atoms with E-state index in [9.17, 15) is 9.59 Å². The number of ether oxygens (including phenoxy) is 1. The summed E-state index contributed by atoms with van der Waals surface area (Å²) in [6, 6.07) is 10.9. The molecule has 2 N–H and O–H groups in total. The molecule has 0 saturated heterocycles. The first-order valence-corrected chi connectivity index (χ1v) is 12.8. The number of carbonyl (C=O) groups excluding carboxylic acids is 1. The summed E-state index contributed by atoms with van der Waals surface area (Å²) in [4.78, 5) is 34.6. The molecule has 0 aliphatic carbocycles. The lowest BCUT2D eigenvalue weighted by Gasteiger charge is -2.19. The van der Waals surface area contributed by atoms with Gasteiger partial charge in [-0.3, -0.25) is 14.2 Å². The summed E-state index contributed by atoms with van der Waals surface area (Å²) in [6.07, 6.45) is 2.44. The quantitative estimate of drug-likeness (QED) is 0.300. The first-order valence-electron chi connectivity index (χ1n) is 11.0. The molecule has 34 heavy (non-hydrogen) atoms. The minimum absolute atomic E-state index is 0.0919. The third-order valence-electron chi connectivity index (χ3n) is 5.84. The fourth-order valence-electron chi connectivity index (χ4n) is 4.08. The minimum Gasteiger partial charge on any atom is -0.497 e. The van der Waals surface area contributed by atoms with E-state index < -0.39 is 0 Å². The number of quaternary nitrogens is 1. The number of rotatable bonds is 7. The summed E-state index contributed by atoms with van der Waals surface area (Å²) in [7, 11) is 3.77. The molecule has 0 spiro atoms. The summed E-state index contributed by atoms with van der Waals surface area (Å²) in [6.45, 7) is 2.21. The average molecular weight is 498 g/mol. The summed E-state index contributed by atoms with van der Waals surface area (Å²) < 4.78 is 12.2. The molecule has 5 rings (SSSR count). The maximum Gasteiger partial charge on any atom is 0.267 e. The molecule has 1 unspecified atom stereocenters. The Morgan fingerprint density at radius 3 is 2.88 bits per heavy atom. The number of fused-ring (bicyclic) bond motifs is 3. The van der Waals surface area contributed by atoms with Gasteiger partial charge in [-0.1, -0.05) is 11.8 Å². The summed E-state index contributed by atoms with van der Waals surface area (Å²) in [5.74, 6) is 1.36. The van der Waals surface area contributed by atoms with Gasteiger partial charge >= 0.3 is 0 Å². The Balaban J connectivity index is 1.50. The van der Waals surface area contributed by atoms with Crippen LogP contribution in [-0.2, 0) is 24.3 Å². The van der Waals surface area contributed by atoms with Crippen LogP contribution in [0.5, 0.6) is 5.75 Å². The first kappa shape index (κ1) is 22.7. The predicted octanol–water partition coefficient (Wildman–Crippen LogP) is 2.03. The van der Waals surface area contributed by atoms with E-state index in [0.717, 1.165) is 29.9 Å². The second kappa shape index (κ2) is 9.65. The van der Waals surface area contributed by atoms with Crippen molar-refractivity contribution in [2.75, 3.05) is 26.5 Å². The van der Waals surface area contributed by atoms with E-state index >= 15 is 0 Å². The molecule has 3 aromatic heterocycles. The Bertz CT molecular complexity index is 1380. The van der Waals surface area contributed by atoms with E-state index in [-0.39, 0.29) is 17.2 Å². The zero-order chi connectivity index (χ0) is 23.7. The Morgan fingerprint density at radius 1 is 1.32 bits per heavy atom. The number of carbonyl (C=O) groups is 1. The lowest BCUT2D eigenvalue weighted by Crippen LogP contribution is -3.08. The van der Waals surface area contributed by atoms with Crippen molar-refractivity contribution in [1.82, 2.24) is 14.9 Å². The molecule has 1 aliphatic rings. The van der Waals surface area contributed by atoms with Crippen molar-refractivity contribution in [3.8, 4) is 11.4 Å². The number of furan rings is 1. The minimum atomic E-state index is -0.160. The van der Waals surface area contributed by atoms with Crippen molar-refractivity contribution in [2.24, 2.45) is 0 Å². The van der Waals surface area contributed by atoms with E-state index in [2.05, 4.69) is 12.4 Å². The fraction of sp³-hybridized carbons (Fsp3) is 0.292. The smallest absolute Gasteiger partial charge is 0.267 e. The Kier molecular flexibility index (Phi) is 6.44. The van der Waals surface area contributed by atoms with Gasteiger partial charge in [0.15, 0.2) is 5.16 Å². The molecule has 0 bridgehead atoms. The second-order valence-electron chi connectivity index (χ2n) is 8.20. The molecule has 10 heteroatoms. The number of methoxy groups -OCH3 is 1. The van der Waals surface area contributed by atoms with Crippen LogP contribution in [0.3, 0.4) is 0 Å². The van der Waals surface area contributed by atoms with Crippen LogP contribution in [0.15, 0.2) is 57.0 Å². The molecule has 176 valence electrons. The van der Waals surface area contributed by atoms with Crippen LogP contribution >= 0.6 is 23.1 Å². The van der Waals surface area contributed by atoms with Crippen LogP contribution in [0.25, 0.3) is 15.9 Å². The molecular formula is C24H25N4O4S2+. The number of hydrogen-bond donors (Lipinski definition) is 2. The highest BCUT2D eigenvalue weighted by Gasteiger charge is 2.26. The Morgan fingerprint density at radius 2 is 2.15 bits per heavy atom. The van der Waals surface area contributed by atoms with Gasteiger partial charge in [-0.05, 0) is 42.0 Å². The maximum absolute atomic E-state index is 13.8. The van der Waals surface area contributed by atoms with Crippen molar-refractivity contribution in [2.45, 2.75) is 24.7 Å². The monoisotopic (exact) mass is 497 g/mol. The van der Waals surface area contributed by atoms with E-state index in [1.807, 2.05) is 30.3 Å². The standard InChI is InChI=1S/C24H24N4O4S2/c1-27-10-9-18-19(13-27)34-22-21(18)23(30)28(15-5-7-16(31-2)8-6-15)24(26-22)33-14-20(29)25-12-17-4-3-11-32-17/h3-8,11H,9-10,12-14H2,1-2H3,(H,25,29)/p+1. The van der Waals surface area contributed by atoms with Crippen molar-refractivity contribution in [3.63, 3.8) is 0 Å². The van der Waals surface area contributed by atoms with E-state index in [1.54, 1.807) is 35.3 Å². The Hall–Kier alpha value is -3.08. The number of nitrogens with zero attached hydrogens (tertiary/aromatic N) is 2. The molecule has 1 atom stereocenters. The van der Waals surface area contributed by atoms with Crippen LogP contribution < -0.4 is 20.5 Å². The molecular weight excluding hydrogens is 472 g/mol. The lowest BCUT2D eigenvalue weighted by molar-refractivity contribution is -0.895. The molecule has 8 nitrogen and oxygen atoms in total. The third-order valence-corrected chi connectivity index (χ3v) is 7.91. The number of thioether (sulfide) groups is 1. The number of amides is 1. The first-order chi connectivity index (χ1) is 16.5. The number of thiophene rings is 1. The van der Waals surface area contributed by atoms with Gasteiger partial charge in [0, 0.05) is 6.42 Å². The van der Waals surface area contributed by atoms with Gasteiger partial charge in [-0.25, -0.2) is 4.98 Å². The molecule has 4 aromatic rings. The predicted molar refractivity (Wildman–Crippen MR) is 132 cm³/mol. The normalized spacial score (nSPS) is 15.3. The van der Waals surface area contributed by atoms with Gasteiger partial charge in [0.1, 0.15) is 22.9 Å². The maximum atomic E-state index is 13.8. The lowest BCUT2D eigenvalue weighted by atomic mass is 10.1. The van der Waals surface area contributed by atoms with Crippen LogP contribution in [0.1, 0.15) is 16.2 Å². The van der Waals surface area contributed by atoms with Gasteiger partial charge in [-0.2, -0.15) is 0 Å². The summed E-state index contributed by atoms with van der Waals surface area (Å²) in [5.41, 5.74) is 1.72. The topological polar surface area (TPSA) is 90.8 Å². The zero-order valence-electron chi connectivity index (χ0n) is 18.9. The van der Waals surface area contributed by atoms with Gasteiger partial charge in [0.25, 0.3) is 5.56 Å². The van der Waals surface area contributed by atoms with Crippen LogP contribution in [0.4, 0.5) is 0 Å². The molecule has 0 fully saturated rings. The number of benzene rings is 1. The number of hydrogen-bond acceptors (Lipinski definition) is 7. The Labute approximate surface area is 204 Å². The summed E-state index contributed by atoms with van der Waals surface area (Å²) >= 11 is 2.85. The zero-order valence-corrected chi connectivity index (χ0v) is 20.6. The van der Waals surface area contributed by atoms with Crippen LogP contribution in [0.2, 0.25) is 0 Å². The summed E-state index contributed by atoms with van der Waals surface area (Å²) in [5, 5.41) is 4.04. The van der Waals surface area contributed by atoms with E-state index in [1.165, 1.54) is 21.5 Å². The number of nitrogens with one attached hydrogen (secondary N) is 2. The number of likely N-dealkylation sites (N-methyl/N-ethyl adjacent to an activating group) is 1. The van der Waals surface area contributed by atoms with Crippen LogP contribution in [-0.4, -0.2) is 41.9 Å². The van der Waals surface area contributed by atoms with Crippen LogP contribution in [0, 0.1) is 0 Å². The van der Waals surface area contributed by atoms with Crippen molar-refractivity contribution >= 4 is 39.2 Å². The fourth-order valence-corrected chi connectivity index (χ4v) is 6.29. The molecule has 0 radical (unpaired) electrons. The van der Waals surface area contributed by atoms with Crippen molar-refractivity contribution in [3.05, 3.63) is 69.2 Å². The highest BCUT2D eigenvalue weighted by molar-refractivity contribution is 7.99. The van der Waals surface area contributed by atoms with Gasteiger partial charge in [-0.15, -0.1) is 11.3 Å². The second-order valence-corrected chi connectivity index (χ2v) is 10.2. The van der Waals surface area contributed by atoms with Gasteiger partial charge < -0.3 is 19.4 Å². The van der Waals surface area contributed by atoms with E-state index in [4.69, 9.17) is 14.1 Å². The largest absolute Gasteiger partial charge is 0.497 e. The average Bonchev–Trinajstić information content (AvgIpc) is 3.49.